The molecule has 1 saturated heterocycles. The van der Waals surface area contributed by atoms with Gasteiger partial charge in [0.15, 0.2) is 0 Å². The summed E-state index contributed by atoms with van der Waals surface area (Å²) in [5.41, 5.74) is 0.403. The van der Waals surface area contributed by atoms with Crippen molar-refractivity contribution in [3.05, 3.63) is 0 Å². The molecule has 0 aromatic heterocycles. The van der Waals surface area contributed by atoms with Crippen LogP contribution in [-0.2, 0) is 4.79 Å². The van der Waals surface area contributed by atoms with Gasteiger partial charge in [0.25, 0.3) is 0 Å². The van der Waals surface area contributed by atoms with E-state index < -0.39 is 0 Å². The van der Waals surface area contributed by atoms with Gasteiger partial charge in [-0.2, -0.15) is 0 Å². The van der Waals surface area contributed by atoms with Crippen molar-refractivity contribution in [2.75, 3.05) is 19.6 Å². The second-order valence-corrected chi connectivity index (χ2v) is 6.13. The third-order valence-electron chi connectivity index (χ3n) is 4.41. The molecule has 0 radical (unpaired) electrons. The van der Waals surface area contributed by atoms with Crippen molar-refractivity contribution >= 4 is 6.29 Å². The molecule has 0 aromatic carbocycles. The first-order valence-electron chi connectivity index (χ1n) is 6.66. The van der Waals surface area contributed by atoms with Crippen LogP contribution < -0.4 is 0 Å². The number of carbonyl (C=O) groups excluding carboxylic acids is 1. The minimum atomic E-state index is -0.0958. The average Bonchev–Trinajstić information content (AvgIpc) is 2.29. The number of rotatable bonds is 5. The quantitative estimate of drug-likeness (QED) is 0.670. The van der Waals surface area contributed by atoms with Gasteiger partial charge in [-0.05, 0) is 44.2 Å². The fraction of sp³-hybridized carbons (Fsp3) is 0.929. The summed E-state index contributed by atoms with van der Waals surface area (Å²) < 4.78 is 0. The molecule has 1 aliphatic heterocycles. The van der Waals surface area contributed by atoms with Crippen LogP contribution in [0.5, 0.6) is 0 Å². The van der Waals surface area contributed by atoms with Gasteiger partial charge in [0.2, 0.25) is 0 Å². The van der Waals surface area contributed by atoms with E-state index >= 15 is 0 Å². The molecule has 1 aliphatic rings. The number of carbonyl (C=O) groups is 1. The Morgan fingerprint density at radius 2 is 1.69 bits per heavy atom. The summed E-state index contributed by atoms with van der Waals surface area (Å²) in [6, 6.07) is 0. The molecule has 0 aromatic rings. The van der Waals surface area contributed by atoms with Crippen molar-refractivity contribution in [2.45, 2.75) is 53.4 Å². The molecule has 0 bridgehead atoms. The summed E-state index contributed by atoms with van der Waals surface area (Å²) in [7, 11) is 0. The van der Waals surface area contributed by atoms with Crippen molar-refractivity contribution in [3.8, 4) is 0 Å². The van der Waals surface area contributed by atoms with Gasteiger partial charge in [0.05, 0.1) is 0 Å². The Bertz CT molecular complexity index is 221. The average molecular weight is 225 g/mol. The van der Waals surface area contributed by atoms with Crippen LogP contribution >= 0.6 is 0 Å². The van der Waals surface area contributed by atoms with Gasteiger partial charge in [0.1, 0.15) is 6.29 Å². The first kappa shape index (κ1) is 13.7. The van der Waals surface area contributed by atoms with Gasteiger partial charge >= 0.3 is 0 Å². The maximum Gasteiger partial charge on any atom is 0.127 e. The van der Waals surface area contributed by atoms with Crippen molar-refractivity contribution in [2.24, 2.45) is 10.8 Å². The summed E-state index contributed by atoms with van der Waals surface area (Å²) >= 11 is 0. The van der Waals surface area contributed by atoms with Crippen LogP contribution in [0.3, 0.4) is 0 Å². The fourth-order valence-electron chi connectivity index (χ4n) is 2.44. The zero-order valence-corrected chi connectivity index (χ0v) is 11.4. The monoisotopic (exact) mass is 225 g/mol. The molecule has 0 aliphatic carbocycles. The minimum absolute atomic E-state index is 0.0958. The van der Waals surface area contributed by atoms with E-state index in [2.05, 4.69) is 32.6 Å². The SMILES string of the molecule is CCC(C=O)(CC)CN1CCC(C)(C)CC1. The van der Waals surface area contributed by atoms with Crippen LogP contribution in [0.2, 0.25) is 0 Å². The van der Waals surface area contributed by atoms with Crippen LogP contribution in [0.15, 0.2) is 0 Å². The second kappa shape index (κ2) is 5.31. The highest BCUT2D eigenvalue weighted by molar-refractivity contribution is 5.59. The highest BCUT2D eigenvalue weighted by Gasteiger charge is 2.32. The summed E-state index contributed by atoms with van der Waals surface area (Å²) in [5.74, 6) is 0. The Morgan fingerprint density at radius 1 is 1.19 bits per heavy atom. The smallest absolute Gasteiger partial charge is 0.127 e. The summed E-state index contributed by atoms with van der Waals surface area (Å²) in [5, 5.41) is 0. The first-order valence-corrected chi connectivity index (χ1v) is 6.66. The van der Waals surface area contributed by atoms with E-state index in [9.17, 15) is 4.79 Å². The highest BCUT2D eigenvalue weighted by atomic mass is 16.1. The molecule has 1 rings (SSSR count). The Morgan fingerprint density at radius 3 is 2.06 bits per heavy atom. The maximum absolute atomic E-state index is 11.3. The molecule has 2 heteroatoms. The van der Waals surface area contributed by atoms with Crippen LogP contribution in [0.4, 0.5) is 0 Å². The predicted octanol–water partition coefficient (Wildman–Crippen LogP) is 3.11. The normalized spacial score (nSPS) is 22.0. The van der Waals surface area contributed by atoms with Crippen molar-refractivity contribution in [3.63, 3.8) is 0 Å². The third kappa shape index (κ3) is 3.31. The zero-order valence-electron chi connectivity index (χ0n) is 11.4. The Labute approximate surface area is 100 Å². The topological polar surface area (TPSA) is 20.3 Å². The number of likely N-dealkylation sites (tertiary alicyclic amines) is 1. The lowest BCUT2D eigenvalue weighted by molar-refractivity contribution is -0.118. The molecule has 1 fully saturated rings. The number of aldehydes is 1. The van der Waals surface area contributed by atoms with Crippen LogP contribution in [0.1, 0.15) is 53.4 Å². The van der Waals surface area contributed by atoms with E-state index in [-0.39, 0.29) is 5.41 Å². The van der Waals surface area contributed by atoms with E-state index in [1.807, 2.05) is 0 Å². The third-order valence-corrected chi connectivity index (χ3v) is 4.41. The molecule has 0 saturated carbocycles. The molecule has 0 amide bonds. The molecule has 0 unspecified atom stereocenters. The molecular weight excluding hydrogens is 198 g/mol. The second-order valence-electron chi connectivity index (χ2n) is 6.13. The molecule has 2 nitrogen and oxygen atoms in total. The van der Waals surface area contributed by atoms with Gasteiger partial charge in [-0.1, -0.05) is 27.7 Å². The molecule has 0 spiro atoms. The number of hydrogen-bond donors (Lipinski definition) is 0. The Kier molecular flexibility index (Phi) is 4.54. The van der Waals surface area contributed by atoms with E-state index in [0.717, 1.165) is 32.5 Å². The van der Waals surface area contributed by atoms with E-state index in [0.29, 0.717) is 5.41 Å². The summed E-state index contributed by atoms with van der Waals surface area (Å²) in [6.07, 6.45) is 5.64. The zero-order chi connectivity index (χ0) is 12.2. The highest BCUT2D eigenvalue weighted by Crippen LogP contribution is 2.32. The van der Waals surface area contributed by atoms with E-state index in [4.69, 9.17) is 0 Å². The van der Waals surface area contributed by atoms with Crippen molar-refractivity contribution in [1.82, 2.24) is 4.90 Å². The van der Waals surface area contributed by atoms with Crippen LogP contribution in [-0.4, -0.2) is 30.8 Å². The van der Waals surface area contributed by atoms with Crippen LogP contribution in [0, 0.1) is 10.8 Å². The van der Waals surface area contributed by atoms with Crippen molar-refractivity contribution in [1.29, 1.82) is 0 Å². The number of nitrogens with zero attached hydrogens (tertiary/aromatic N) is 1. The molecule has 0 N–H and O–H groups in total. The van der Waals surface area contributed by atoms with Gasteiger partial charge in [0, 0.05) is 12.0 Å². The van der Waals surface area contributed by atoms with Gasteiger partial charge in [-0.3, -0.25) is 0 Å². The first-order chi connectivity index (χ1) is 7.47. The molecular formula is C14H27NO. The molecule has 94 valence electrons. The number of hydrogen-bond acceptors (Lipinski definition) is 2. The number of piperidine rings is 1. The Balaban J connectivity index is 2.52. The fourth-order valence-corrected chi connectivity index (χ4v) is 2.44. The Hall–Kier alpha value is -0.370. The van der Waals surface area contributed by atoms with E-state index in [1.54, 1.807) is 0 Å². The van der Waals surface area contributed by atoms with Gasteiger partial charge in [-0.15, -0.1) is 0 Å². The lowest BCUT2D eigenvalue weighted by Crippen LogP contribution is -2.44. The van der Waals surface area contributed by atoms with Gasteiger partial charge in [-0.25, -0.2) is 0 Å². The van der Waals surface area contributed by atoms with Gasteiger partial charge < -0.3 is 9.69 Å². The van der Waals surface area contributed by atoms with Crippen molar-refractivity contribution < 1.29 is 4.79 Å². The standard InChI is InChI=1S/C14H27NO/c1-5-14(6-2,12-16)11-15-9-7-13(3,4)8-10-15/h12H,5-11H2,1-4H3. The molecule has 16 heavy (non-hydrogen) atoms. The predicted molar refractivity (Wildman–Crippen MR) is 68.5 cm³/mol. The van der Waals surface area contributed by atoms with E-state index in [1.165, 1.54) is 19.1 Å². The maximum atomic E-state index is 11.3. The van der Waals surface area contributed by atoms with Crippen LogP contribution in [0.25, 0.3) is 0 Å². The largest absolute Gasteiger partial charge is 0.303 e. The molecule has 1 heterocycles. The summed E-state index contributed by atoms with van der Waals surface area (Å²) in [6.45, 7) is 12.2. The summed E-state index contributed by atoms with van der Waals surface area (Å²) in [4.78, 5) is 13.7. The molecule has 0 atom stereocenters. The minimum Gasteiger partial charge on any atom is -0.303 e. The lowest BCUT2D eigenvalue weighted by atomic mass is 9.79. The lowest BCUT2D eigenvalue weighted by Gasteiger charge is -2.40.